The van der Waals surface area contributed by atoms with Crippen molar-refractivity contribution in [1.29, 1.82) is 0 Å². The number of hydrogen-bond acceptors (Lipinski definition) is 5. The fourth-order valence-electron chi connectivity index (χ4n) is 3.90. The van der Waals surface area contributed by atoms with Crippen molar-refractivity contribution in [1.82, 2.24) is 5.43 Å². The molecular formula is C28H33N3O4S. The normalized spacial score (nSPS) is 12.2. The van der Waals surface area contributed by atoms with Gasteiger partial charge >= 0.3 is 0 Å². The molecule has 0 aliphatic carbocycles. The topological polar surface area (TPSA) is 88.1 Å². The molecule has 0 aromatic heterocycles. The van der Waals surface area contributed by atoms with Crippen LogP contribution in [0.15, 0.2) is 88.9 Å². The van der Waals surface area contributed by atoms with Crippen molar-refractivity contribution in [2.45, 2.75) is 44.4 Å². The first kappa shape index (κ1) is 26.9. The number of hydrogen-bond donors (Lipinski definition) is 1. The molecule has 0 radical (unpaired) electrons. The Kier molecular flexibility index (Phi) is 8.53. The zero-order valence-electron chi connectivity index (χ0n) is 21.4. The summed E-state index contributed by atoms with van der Waals surface area (Å²) < 4.78 is 33.3. The standard InChI is InChI=1S/C28H33N3O4S/c1-21-11-17-26(18-12-21)36(33,34)31(24-13-15-25(35-5)16-14-24)20-27(32)30-29-22(2)19-28(3,4)23-9-7-6-8-10-23/h6-18H,19-20H2,1-5H3,(H,30,32)/b29-22-. The molecule has 0 fully saturated rings. The Hall–Kier alpha value is -3.65. The second kappa shape index (κ2) is 11.4. The van der Waals surface area contributed by atoms with Gasteiger partial charge in [0.05, 0.1) is 17.7 Å². The minimum atomic E-state index is -4.01. The molecule has 190 valence electrons. The van der Waals surface area contributed by atoms with Crippen LogP contribution in [0.25, 0.3) is 0 Å². The Morgan fingerprint density at radius 1 is 0.972 bits per heavy atom. The molecule has 36 heavy (non-hydrogen) atoms. The van der Waals surface area contributed by atoms with Gasteiger partial charge in [-0.15, -0.1) is 0 Å². The third kappa shape index (κ3) is 6.73. The van der Waals surface area contributed by atoms with Gasteiger partial charge < -0.3 is 4.74 Å². The summed E-state index contributed by atoms with van der Waals surface area (Å²) in [5, 5.41) is 4.25. The lowest BCUT2D eigenvalue weighted by molar-refractivity contribution is -0.119. The van der Waals surface area contributed by atoms with E-state index in [4.69, 9.17) is 4.74 Å². The van der Waals surface area contributed by atoms with E-state index in [0.29, 0.717) is 17.9 Å². The summed E-state index contributed by atoms with van der Waals surface area (Å²) in [4.78, 5) is 13.0. The van der Waals surface area contributed by atoms with E-state index in [1.54, 1.807) is 36.4 Å². The van der Waals surface area contributed by atoms with E-state index >= 15 is 0 Å². The van der Waals surface area contributed by atoms with Crippen molar-refractivity contribution >= 4 is 27.3 Å². The highest BCUT2D eigenvalue weighted by atomic mass is 32.2. The van der Waals surface area contributed by atoms with Crippen LogP contribution in [0, 0.1) is 6.92 Å². The Morgan fingerprint density at radius 3 is 2.17 bits per heavy atom. The predicted molar refractivity (Wildman–Crippen MR) is 144 cm³/mol. The maximum absolute atomic E-state index is 13.5. The molecule has 0 saturated heterocycles. The van der Waals surface area contributed by atoms with Gasteiger partial charge in [-0.2, -0.15) is 5.10 Å². The van der Waals surface area contributed by atoms with Gasteiger partial charge in [0.25, 0.3) is 15.9 Å². The maximum atomic E-state index is 13.5. The Bertz CT molecular complexity index is 1300. The highest BCUT2D eigenvalue weighted by molar-refractivity contribution is 7.92. The molecule has 3 rings (SSSR count). The van der Waals surface area contributed by atoms with Crippen LogP contribution in [-0.2, 0) is 20.2 Å². The average Bonchev–Trinajstić information content (AvgIpc) is 2.86. The van der Waals surface area contributed by atoms with Gasteiger partial charge in [0.15, 0.2) is 0 Å². The van der Waals surface area contributed by atoms with Crippen LogP contribution >= 0.6 is 0 Å². The van der Waals surface area contributed by atoms with Crippen molar-refractivity contribution in [2.24, 2.45) is 5.10 Å². The molecular weight excluding hydrogens is 474 g/mol. The van der Waals surface area contributed by atoms with Crippen LogP contribution in [0.1, 0.15) is 38.3 Å². The highest BCUT2D eigenvalue weighted by Gasteiger charge is 2.27. The Balaban J connectivity index is 1.80. The Morgan fingerprint density at radius 2 is 1.58 bits per heavy atom. The third-order valence-electron chi connectivity index (χ3n) is 5.88. The first-order valence-corrected chi connectivity index (χ1v) is 13.1. The number of benzene rings is 3. The minimum absolute atomic E-state index is 0.0982. The highest BCUT2D eigenvalue weighted by Crippen LogP contribution is 2.28. The number of hydrazone groups is 1. The van der Waals surface area contributed by atoms with Crippen molar-refractivity contribution in [3.8, 4) is 5.75 Å². The summed E-state index contributed by atoms with van der Waals surface area (Å²) in [6.07, 6.45) is 0.626. The number of aryl methyl sites for hydroxylation is 1. The number of ether oxygens (including phenoxy) is 1. The summed E-state index contributed by atoms with van der Waals surface area (Å²) in [6.45, 7) is 7.52. The number of carbonyl (C=O) groups excluding carboxylic acids is 1. The van der Waals surface area contributed by atoms with Crippen LogP contribution in [0.4, 0.5) is 5.69 Å². The summed E-state index contributed by atoms with van der Waals surface area (Å²) in [5.74, 6) is 0.0375. The van der Waals surface area contributed by atoms with Crippen molar-refractivity contribution in [3.05, 3.63) is 90.0 Å². The van der Waals surface area contributed by atoms with Gasteiger partial charge in [0.2, 0.25) is 0 Å². The zero-order chi connectivity index (χ0) is 26.3. The maximum Gasteiger partial charge on any atom is 0.264 e. The number of carbonyl (C=O) groups is 1. The second-order valence-corrected chi connectivity index (χ2v) is 11.2. The van der Waals surface area contributed by atoms with E-state index in [1.165, 1.54) is 24.8 Å². The molecule has 0 bridgehead atoms. The van der Waals surface area contributed by atoms with Crippen LogP contribution in [-0.4, -0.2) is 33.7 Å². The van der Waals surface area contributed by atoms with Crippen LogP contribution < -0.4 is 14.5 Å². The van der Waals surface area contributed by atoms with Gasteiger partial charge in [0, 0.05) is 5.71 Å². The van der Waals surface area contributed by atoms with Gasteiger partial charge in [-0.1, -0.05) is 61.9 Å². The second-order valence-electron chi connectivity index (χ2n) is 9.33. The molecule has 0 aliphatic rings. The lowest BCUT2D eigenvalue weighted by Gasteiger charge is -2.25. The monoisotopic (exact) mass is 507 g/mol. The first-order valence-electron chi connectivity index (χ1n) is 11.6. The van der Waals surface area contributed by atoms with Crippen molar-refractivity contribution < 1.29 is 17.9 Å². The fraction of sp³-hybridized carbons (Fsp3) is 0.286. The molecule has 0 unspecified atom stereocenters. The third-order valence-corrected chi connectivity index (χ3v) is 7.67. The lowest BCUT2D eigenvalue weighted by Crippen LogP contribution is -2.39. The van der Waals surface area contributed by atoms with Crippen LogP contribution in [0.5, 0.6) is 5.75 Å². The van der Waals surface area contributed by atoms with E-state index < -0.39 is 22.5 Å². The number of nitrogens with zero attached hydrogens (tertiary/aromatic N) is 2. The molecule has 1 N–H and O–H groups in total. The average molecular weight is 508 g/mol. The Labute approximate surface area is 213 Å². The molecule has 7 nitrogen and oxygen atoms in total. The van der Waals surface area contributed by atoms with E-state index in [1.807, 2.05) is 32.0 Å². The number of rotatable bonds is 10. The van der Waals surface area contributed by atoms with Crippen molar-refractivity contribution in [2.75, 3.05) is 18.0 Å². The van der Waals surface area contributed by atoms with E-state index in [-0.39, 0.29) is 10.3 Å². The molecule has 0 spiro atoms. The first-order chi connectivity index (χ1) is 17.0. The lowest BCUT2D eigenvalue weighted by atomic mass is 9.80. The summed E-state index contributed by atoms with van der Waals surface area (Å²) in [7, 11) is -2.48. The minimum Gasteiger partial charge on any atom is -0.497 e. The molecule has 1 amide bonds. The summed E-state index contributed by atoms with van der Waals surface area (Å²) in [5.41, 5.74) is 5.53. The van der Waals surface area contributed by atoms with Crippen LogP contribution in [0.2, 0.25) is 0 Å². The number of nitrogens with one attached hydrogen (secondary N) is 1. The van der Waals surface area contributed by atoms with Crippen LogP contribution in [0.3, 0.4) is 0 Å². The zero-order valence-corrected chi connectivity index (χ0v) is 22.2. The number of amides is 1. The number of methoxy groups -OCH3 is 1. The number of anilines is 1. The van der Waals surface area contributed by atoms with E-state index in [2.05, 4.69) is 36.5 Å². The smallest absolute Gasteiger partial charge is 0.264 e. The summed E-state index contributed by atoms with van der Waals surface area (Å²) >= 11 is 0. The largest absolute Gasteiger partial charge is 0.497 e. The van der Waals surface area contributed by atoms with Gasteiger partial charge in [-0.3, -0.25) is 9.10 Å². The SMILES string of the molecule is COc1ccc(N(CC(=O)N/N=C(/C)CC(C)(C)c2ccccc2)S(=O)(=O)c2ccc(C)cc2)cc1. The number of sulfonamides is 1. The van der Waals surface area contributed by atoms with Gasteiger partial charge in [-0.05, 0) is 67.6 Å². The fourth-order valence-corrected chi connectivity index (χ4v) is 5.32. The van der Waals surface area contributed by atoms with Gasteiger partial charge in [0.1, 0.15) is 12.3 Å². The predicted octanol–water partition coefficient (Wildman–Crippen LogP) is 5.06. The molecule has 0 aliphatic heterocycles. The van der Waals surface area contributed by atoms with E-state index in [0.717, 1.165) is 15.6 Å². The molecule has 3 aromatic rings. The molecule has 3 aromatic carbocycles. The quantitative estimate of drug-likeness (QED) is 0.307. The molecule has 0 saturated carbocycles. The molecule has 8 heteroatoms. The summed E-state index contributed by atoms with van der Waals surface area (Å²) in [6, 6.07) is 23.1. The van der Waals surface area contributed by atoms with Gasteiger partial charge in [-0.25, -0.2) is 13.8 Å². The molecule has 0 heterocycles. The van der Waals surface area contributed by atoms with Crippen molar-refractivity contribution in [3.63, 3.8) is 0 Å². The van der Waals surface area contributed by atoms with E-state index in [9.17, 15) is 13.2 Å². The molecule has 0 atom stereocenters.